The van der Waals surface area contributed by atoms with Gasteiger partial charge in [-0.25, -0.2) is 4.98 Å². The lowest BCUT2D eigenvalue weighted by molar-refractivity contribution is -0.146. The van der Waals surface area contributed by atoms with Gasteiger partial charge in [0, 0.05) is 30.6 Å². The number of rotatable bonds is 6. The highest BCUT2D eigenvalue weighted by atomic mass is 32.1. The lowest BCUT2D eigenvalue weighted by Crippen LogP contribution is -2.29. The lowest BCUT2D eigenvalue weighted by atomic mass is 9.93. The number of ether oxygens (including phenoxy) is 2. The van der Waals surface area contributed by atoms with Gasteiger partial charge in [0.2, 0.25) is 0 Å². The number of thiazole rings is 1. The number of aryl methyl sites for hydroxylation is 1. The molecule has 0 amide bonds. The highest BCUT2D eigenvalue weighted by Gasteiger charge is 2.66. The number of hydrogen-bond donors (Lipinski definition) is 1. The number of fused-ring (bicyclic) bond motifs is 2. The predicted molar refractivity (Wildman–Crippen MR) is 138 cm³/mol. The highest BCUT2D eigenvalue weighted by Crippen LogP contribution is 2.59. The summed E-state index contributed by atoms with van der Waals surface area (Å²) in [6.45, 7) is 8.39. The number of piperidine rings is 1. The van der Waals surface area contributed by atoms with E-state index in [1.807, 2.05) is 0 Å². The van der Waals surface area contributed by atoms with Gasteiger partial charge >= 0.3 is 5.97 Å². The third-order valence-electron chi connectivity index (χ3n) is 7.97. The number of benzene rings is 2. The molecule has 1 saturated heterocycles. The first-order valence-electron chi connectivity index (χ1n) is 12.3. The summed E-state index contributed by atoms with van der Waals surface area (Å²) in [5, 5.41) is 6.51. The Morgan fingerprint density at radius 2 is 2.17 bits per heavy atom. The van der Waals surface area contributed by atoms with Gasteiger partial charge in [0.15, 0.2) is 5.13 Å². The molecule has 1 aromatic heterocycles. The number of methoxy groups -OCH3 is 1. The Balaban J connectivity index is 1.22. The number of hydrogen-bond acceptors (Lipinski definition) is 7. The predicted octanol–water partition coefficient (Wildman–Crippen LogP) is 4.65. The molecule has 0 unspecified atom stereocenters. The summed E-state index contributed by atoms with van der Waals surface area (Å²) in [5.74, 6) is 1.15. The van der Waals surface area contributed by atoms with Crippen LogP contribution in [0.25, 0.3) is 11.3 Å². The standard InChI is InChI=1S/C28H31N3O3S/c1-17-4-7-25(34-14-20-6-5-19-12-29-9-8-22(19)18(20)2)23(10-17)24-15-35-27(30-24)31-13-21-11-28(21,16-31)26(32)33-3/h4-7,10,15,21,29H,8-9,11-14,16H2,1-3H3/t21-,28-/m0/s1. The van der Waals surface area contributed by atoms with Crippen LogP contribution in [0, 0.1) is 25.2 Å². The van der Waals surface area contributed by atoms with Crippen LogP contribution in [0.2, 0.25) is 0 Å². The largest absolute Gasteiger partial charge is 0.488 e. The molecule has 3 aliphatic rings. The Bertz CT molecular complexity index is 1300. The van der Waals surface area contributed by atoms with Gasteiger partial charge in [-0.05, 0) is 73.5 Å². The van der Waals surface area contributed by atoms with Crippen molar-refractivity contribution in [2.75, 3.05) is 31.6 Å². The second-order valence-corrected chi connectivity index (χ2v) is 11.0. The monoisotopic (exact) mass is 489 g/mol. The zero-order chi connectivity index (χ0) is 24.2. The van der Waals surface area contributed by atoms with Crippen molar-refractivity contribution in [3.8, 4) is 17.0 Å². The van der Waals surface area contributed by atoms with E-state index in [4.69, 9.17) is 14.5 Å². The molecule has 3 heterocycles. The van der Waals surface area contributed by atoms with E-state index in [0.717, 1.165) is 54.6 Å². The van der Waals surface area contributed by atoms with Crippen molar-refractivity contribution in [3.05, 3.63) is 63.5 Å². The summed E-state index contributed by atoms with van der Waals surface area (Å²) in [7, 11) is 1.48. The second kappa shape index (κ2) is 8.64. The fourth-order valence-corrected chi connectivity index (χ4v) is 6.61. The Kier molecular flexibility index (Phi) is 5.57. The summed E-state index contributed by atoms with van der Waals surface area (Å²) in [4.78, 5) is 19.5. The zero-order valence-corrected chi connectivity index (χ0v) is 21.3. The average molecular weight is 490 g/mol. The fraction of sp³-hybridized carbons (Fsp3) is 0.429. The lowest BCUT2D eigenvalue weighted by Gasteiger charge is -2.21. The van der Waals surface area contributed by atoms with Gasteiger partial charge in [-0.1, -0.05) is 23.8 Å². The van der Waals surface area contributed by atoms with Crippen molar-refractivity contribution < 1.29 is 14.3 Å². The molecule has 0 bridgehead atoms. The zero-order valence-electron chi connectivity index (χ0n) is 20.5. The van der Waals surface area contributed by atoms with Crippen LogP contribution < -0.4 is 15.0 Å². The van der Waals surface area contributed by atoms with Gasteiger partial charge in [-0.3, -0.25) is 4.79 Å². The first-order valence-corrected chi connectivity index (χ1v) is 13.2. The molecule has 0 spiro atoms. The van der Waals surface area contributed by atoms with Gasteiger partial charge in [0.05, 0.1) is 18.2 Å². The average Bonchev–Trinajstić information content (AvgIpc) is 3.21. The molecule has 7 heteroatoms. The Morgan fingerprint density at radius 3 is 3.03 bits per heavy atom. The Labute approximate surface area is 210 Å². The Morgan fingerprint density at radius 1 is 1.29 bits per heavy atom. The van der Waals surface area contributed by atoms with E-state index in [2.05, 4.69) is 59.8 Å². The minimum Gasteiger partial charge on any atom is -0.488 e. The maximum atomic E-state index is 12.3. The summed E-state index contributed by atoms with van der Waals surface area (Å²) >= 11 is 1.63. The summed E-state index contributed by atoms with van der Waals surface area (Å²) in [5.41, 5.74) is 8.24. The van der Waals surface area contributed by atoms with E-state index in [-0.39, 0.29) is 11.4 Å². The molecular formula is C28H31N3O3S. The molecule has 1 N–H and O–H groups in total. The van der Waals surface area contributed by atoms with Crippen molar-refractivity contribution >= 4 is 22.4 Å². The smallest absolute Gasteiger partial charge is 0.313 e. The van der Waals surface area contributed by atoms with E-state index >= 15 is 0 Å². The number of carbonyl (C=O) groups excluding carboxylic acids is 1. The number of nitrogens with one attached hydrogen (secondary N) is 1. The molecule has 6 rings (SSSR count). The quantitative estimate of drug-likeness (QED) is 0.509. The summed E-state index contributed by atoms with van der Waals surface area (Å²) < 4.78 is 11.5. The molecular weight excluding hydrogens is 458 g/mol. The van der Waals surface area contributed by atoms with Crippen LogP contribution in [-0.4, -0.2) is 37.7 Å². The van der Waals surface area contributed by atoms with Crippen LogP contribution in [0.3, 0.4) is 0 Å². The number of nitrogens with zero attached hydrogens (tertiary/aromatic N) is 2. The van der Waals surface area contributed by atoms with Gasteiger partial charge in [0.1, 0.15) is 12.4 Å². The molecule has 182 valence electrons. The highest BCUT2D eigenvalue weighted by molar-refractivity contribution is 7.14. The van der Waals surface area contributed by atoms with E-state index in [1.54, 1.807) is 11.3 Å². The molecule has 2 aliphatic heterocycles. The molecule has 0 radical (unpaired) electrons. The van der Waals surface area contributed by atoms with Crippen molar-refractivity contribution in [3.63, 3.8) is 0 Å². The molecule has 2 atom stereocenters. The maximum absolute atomic E-state index is 12.3. The molecule has 35 heavy (non-hydrogen) atoms. The molecule has 1 saturated carbocycles. The number of esters is 1. The third-order valence-corrected chi connectivity index (χ3v) is 8.87. The SMILES string of the molecule is COC(=O)[C@]12C[C@H]1CN(c1nc(-c3cc(C)ccc3OCc3ccc4c(c3C)CCNC4)cs1)C2. The second-order valence-electron chi connectivity index (χ2n) is 10.1. The number of aromatic nitrogens is 1. The maximum Gasteiger partial charge on any atom is 0.313 e. The van der Waals surface area contributed by atoms with Crippen LogP contribution in [0.4, 0.5) is 5.13 Å². The van der Waals surface area contributed by atoms with E-state index < -0.39 is 0 Å². The van der Waals surface area contributed by atoms with Gasteiger partial charge < -0.3 is 19.7 Å². The minimum atomic E-state index is -0.318. The third kappa shape index (κ3) is 3.91. The van der Waals surface area contributed by atoms with E-state index in [1.165, 1.54) is 34.9 Å². The summed E-state index contributed by atoms with van der Waals surface area (Å²) in [6, 6.07) is 10.7. The molecule has 1 aliphatic carbocycles. The van der Waals surface area contributed by atoms with Crippen LogP contribution in [0.15, 0.2) is 35.7 Å². The van der Waals surface area contributed by atoms with Crippen molar-refractivity contribution in [1.82, 2.24) is 10.3 Å². The normalized spacial score (nSPS) is 22.5. The van der Waals surface area contributed by atoms with Gasteiger partial charge in [0.25, 0.3) is 0 Å². The molecule has 2 aromatic carbocycles. The first-order chi connectivity index (χ1) is 17.0. The van der Waals surface area contributed by atoms with Crippen molar-refractivity contribution in [2.24, 2.45) is 11.3 Å². The van der Waals surface area contributed by atoms with Gasteiger partial charge in [-0.2, -0.15) is 0 Å². The van der Waals surface area contributed by atoms with Gasteiger partial charge in [-0.15, -0.1) is 11.3 Å². The molecule has 2 fully saturated rings. The van der Waals surface area contributed by atoms with Crippen LogP contribution in [0.1, 0.15) is 34.2 Å². The first kappa shape index (κ1) is 22.6. The molecule has 3 aromatic rings. The summed E-state index contributed by atoms with van der Waals surface area (Å²) in [6.07, 6.45) is 2.00. The van der Waals surface area contributed by atoms with Crippen LogP contribution in [0.5, 0.6) is 5.75 Å². The van der Waals surface area contributed by atoms with Crippen molar-refractivity contribution in [2.45, 2.75) is 39.8 Å². The molecule has 6 nitrogen and oxygen atoms in total. The fourth-order valence-electron chi connectivity index (χ4n) is 5.77. The van der Waals surface area contributed by atoms with E-state index in [9.17, 15) is 4.79 Å². The number of anilines is 1. The van der Waals surface area contributed by atoms with Crippen LogP contribution in [-0.2, 0) is 29.1 Å². The Hall–Kier alpha value is -2.90. The van der Waals surface area contributed by atoms with E-state index in [0.29, 0.717) is 19.1 Å². The minimum absolute atomic E-state index is 0.0788. The van der Waals surface area contributed by atoms with Crippen LogP contribution >= 0.6 is 11.3 Å². The van der Waals surface area contributed by atoms with Crippen molar-refractivity contribution in [1.29, 1.82) is 0 Å². The number of carbonyl (C=O) groups is 1. The topological polar surface area (TPSA) is 63.7 Å².